The van der Waals surface area contributed by atoms with Gasteiger partial charge in [0.25, 0.3) is 0 Å². The van der Waals surface area contributed by atoms with Crippen LogP contribution in [-0.2, 0) is 0 Å². The van der Waals surface area contributed by atoms with Crippen LogP contribution in [0.5, 0.6) is 0 Å². The summed E-state index contributed by atoms with van der Waals surface area (Å²) in [5, 5.41) is 3.43. The third-order valence-electron chi connectivity index (χ3n) is 4.94. The summed E-state index contributed by atoms with van der Waals surface area (Å²) in [6, 6.07) is 0. The lowest BCUT2D eigenvalue weighted by Crippen LogP contribution is -2.28. The van der Waals surface area contributed by atoms with Crippen LogP contribution < -0.4 is 5.32 Å². The second-order valence-electron chi connectivity index (χ2n) is 5.89. The molecule has 3 atom stereocenters. The number of nitrogens with one attached hydrogen (secondary N) is 1. The smallest absolute Gasteiger partial charge is 0.0936 e. The van der Waals surface area contributed by atoms with Crippen LogP contribution in [0.15, 0.2) is 12.4 Å². The Labute approximate surface area is 114 Å². The molecular weight excluding hydrogens is 220 g/mol. The molecule has 1 N–H and O–H groups in total. The van der Waals surface area contributed by atoms with Crippen molar-refractivity contribution in [2.24, 2.45) is 17.8 Å². The van der Waals surface area contributed by atoms with Gasteiger partial charge in [0.1, 0.15) is 0 Å². The van der Waals surface area contributed by atoms with Crippen LogP contribution in [0.2, 0.25) is 0 Å². The summed E-state index contributed by atoms with van der Waals surface area (Å²) in [6.07, 6.45) is 6.94. The molecule has 0 aromatic rings. The average molecular weight is 252 g/mol. The zero-order chi connectivity index (χ0) is 13.5. The number of rotatable bonds is 8. The van der Waals surface area contributed by atoms with E-state index in [1.807, 2.05) is 0 Å². The van der Waals surface area contributed by atoms with Gasteiger partial charge in [-0.05, 0) is 50.4 Å². The Morgan fingerprint density at radius 3 is 2.50 bits per heavy atom. The highest BCUT2D eigenvalue weighted by Crippen LogP contribution is 2.40. The first-order valence-corrected chi connectivity index (χ1v) is 7.74. The van der Waals surface area contributed by atoms with Crippen molar-refractivity contribution < 1.29 is 0 Å². The molecule has 0 aromatic carbocycles. The largest absolute Gasteiger partial charge is 0.372 e. The first-order chi connectivity index (χ1) is 8.60. The molecule has 0 spiro atoms. The summed E-state index contributed by atoms with van der Waals surface area (Å²) < 4.78 is 0. The average Bonchev–Trinajstić information content (AvgIpc) is 2.74. The molecule has 0 saturated heterocycles. The molecule has 1 fully saturated rings. The minimum Gasteiger partial charge on any atom is -0.372 e. The summed E-state index contributed by atoms with van der Waals surface area (Å²) in [7, 11) is 2.08. The maximum Gasteiger partial charge on any atom is 0.0936 e. The third-order valence-corrected chi connectivity index (χ3v) is 4.94. The van der Waals surface area contributed by atoms with E-state index in [9.17, 15) is 0 Å². The molecule has 1 aliphatic carbocycles. The lowest BCUT2D eigenvalue weighted by Gasteiger charge is -2.22. The van der Waals surface area contributed by atoms with Crippen LogP contribution in [0, 0.1) is 17.8 Å². The summed E-state index contributed by atoms with van der Waals surface area (Å²) in [6.45, 7) is 13.1. The molecule has 0 amide bonds. The standard InChI is InChI=1S/C16H32N2/c1-6-15-10-11-16(13(15)3)9-8-12-17-14(4)18(5)7-2/h13,15-17H,4,6-12H2,1-3,5H3. The topological polar surface area (TPSA) is 15.3 Å². The fraction of sp³-hybridized carbons (Fsp3) is 0.875. The van der Waals surface area contributed by atoms with Crippen molar-refractivity contribution in [1.82, 2.24) is 10.2 Å². The Bertz CT molecular complexity index is 249. The van der Waals surface area contributed by atoms with Gasteiger partial charge in [-0.25, -0.2) is 0 Å². The molecule has 0 heterocycles. The monoisotopic (exact) mass is 252 g/mol. The van der Waals surface area contributed by atoms with E-state index in [2.05, 4.69) is 44.6 Å². The first-order valence-electron chi connectivity index (χ1n) is 7.74. The van der Waals surface area contributed by atoms with Crippen molar-refractivity contribution in [3.05, 3.63) is 12.4 Å². The van der Waals surface area contributed by atoms with Crippen LogP contribution in [0.1, 0.15) is 52.9 Å². The van der Waals surface area contributed by atoms with Crippen molar-refractivity contribution in [2.45, 2.75) is 52.9 Å². The molecule has 106 valence electrons. The molecular formula is C16H32N2. The quantitative estimate of drug-likeness (QED) is 0.660. The van der Waals surface area contributed by atoms with Crippen LogP contribution in [0.3, 0.4) is 0 Å². The second-order valence-corrected chi connectivity index (χ2v) is 5.89. The minimum atomic E-state index is 0.941. The molecule has 0 aliphatic heterocycles. The normalized spacial score (nSPS) is 27.2. The molecule has 2 heteroatoms. The van der Waals surface area contributed by atoms with E-state index in [-0.39, 0.29) is 0 Å². The van der Waals surface area contributed by atoms with E-state index in [0.717, 1.165) is 36.7 Å². The molecule has 3 unspecified atom stereocenters. The molecule has 0 bridgehead atoms. The molecule has 1 rings (SSSR count). The van der Waals surface area contributed by atoms with Crippen molar-refractivity contribution in [2.75, 3.05) is 20.1 Å². The Morgan fingerprint density at radius 2 is 1.94 bits per heavy atom. The maximum atomic E-state index is 4.05. The van der Waals surface area contributed by atoms with Crippen molar-refractivity contribution in [3.8, 4) is 0 Å². The summed E-state index contributed by atoms with van der Waals surface area (Å²) in [5.74, 6) is 3.96. The molecule has 0 aromatic heterocycles. The summed E-state index contributed by atoms with van der Waals surface area (Å²) in [4.78, 5) is 2.16. The molecule has 2 nitrogen and oxygen atoms in total. The predicted molar refractivity (Wildman–Crippen MR) is 80.3 cm³/mol. The first kappa shape index (κ1) is 15.4. The van der Waals surface area contributed by atoms with Crippen LogP contribution in [0.25, 0.3) is 0 Å². The van der Waals surface area contributed by atoms with Gasteiger partial charge in [0.15, 0.2) is 0 Å². The van der Waals surface area contributed by atoms with Crippen LogP contribution in [0.4, 0.5) is 0 Å². The lowest BCUT2D eigenvalue weighted by atomic mass is 9.87. The van der Waals surface area contributed by atoms with Gasteiger partial charge in [-0.2, -0.15) is 0 Å². The van der Waals surface area contributed by atoms with Gasteiger partial charge in [-0.1, -0.05) is 26.8 Å². The molecule has 1 aliphatic rings. The van der Waals surface area contributed by atoms with Gasteiger partial charge >= 0.3 is 0 Å². The molecule has 1 saturated carbocycles. The van der Waals surface area contributed by atoms with E-state index in [4.69, 9.17) is 0 Å². The van der Waals surface area contributed by atoms with Gasteiger partial charge in [-0.3, -0.25) is 0 Å². The Morgan fingerprint density at radius 1 is 1.28 bits per heavy atom. The van der Waals surface area contributed by atoms with Gasteiger partial charge in [0.05, 0.1) is 5.82 Å². The predicted octanol–water partition coefficient (Wildman–Crippen LogP) is 3.85. The Balaban J connectivity index is 2.13. The van der Waals surface area contributed by atoms with E-state index in [1.165, 1.54) is 32.1 Å². The lowest BCUT2D eigenvalue weighted by molar-refractivity contribution is 0.311. The molecule has 0 radical (unpaired) electrons. The van der Waals surface area contributed by atoms with E-state index in [0.29, 0.717) is 0 Å². The molecule has 18 heavy (non-hydrogen) atoms. The van der Waals surface area contributed by atoms with Gasteiger partial charge in [0, 0.05) is 20.1 Å². The van der Waals surface area contributed by atoms with Crippen LogP contribution >= 0.6 is 0 Å². The minimum absolute atomic E-state index is 0.941. The highest BCUT2D eigenvalue weighted by atomic mass is 15.2. The van der Waals surface area contributed by atoms with E-state index >= 15 is 0 Å². The summed E-state index contributed by atoms with van der Waals surface area (Å²) >= 11 is 0. The van der Waals surface area contributed by atoms with Crippen molar-refractivity contribution in [1.29, 1.82) is 0 Å². The SMILES string of the molecule is C=C(NCCCC1CCC(CC)C1C)N(C)CC. The van der Waals surface area contributed by atoms with E-state index < -0.39 is 0 Å². The van der Waals surface area contributed by atoms with Crippen molar-refractivity contribution >= 4 is 0 Å². The fourth-order valence-electron chi connectivity index (χ4n) is 3.24. The third kappa shape index (κ3) is 4.22. The second kappa shape index (κ2) is 7.70. The number of hydrogen-bond acceptors (Lipinski definition) is 2. The fourth-order valence-corrected chi connectivity index (χ4v) is 3.24. The summed E-state index contributed by atoms with van der Waals surface area (Å²) in [5.41, 5.74) is 0. The maximum absolute atomic E-state index is 4.05. The van der Waals surface area contributed by atoms with Gasteiger partial charge in [-0.15, -0.1) is 0 Å². The number of hydrogen-bond donors (Lipinski definition) is 1. The number of nitrogens with zero attached hydrogens (tertiary/aromatic N) is 1. The zero-order valence-electron chi connectivity index (χ0n) is 12.8. The van der Waals surface area contributed by atoms with Crippen molar-refractivity contribution in [3.63, 3.8) is 0 Å². The Kier molecular flexibility index (Phi) is 6.59. The highest BCUT2D eigenvalue weighted by Gasteiger charge is 2.30. The highest BCUT2D eigenvalue weighted by molar-refractivity contribution is 4.88. The zero-order valence-corrected chi connectivity index (χ0v) is 12.8. The Hall–Kier alpha value is -0.660. The van der Waals surface area contributed by atoms with Gasteiger partial charge < -0.3 is 10.2 Å². The van der Waals surface area contributed by atoms with Gasteiger partial charge in [0.2, 0.25) is 0 Å². The van der Waals surface area contributed by atoms with Crippen LogP contribution in [-0.4, -0.2) is 25.0 Å². The van der Waals surface area contributed by atoms with E-state index in [1.54, 1.807) is 0 Å².